The lowest BCUT2D eigenvalue weighted by Crippen LogP contribution is -2.27. The van der Waals surface area contributed by atoms with Gasteiger partial charge in [-0.05, 0) is 11.8 Å². The summed E-state index contributed by atoms with van der Waals surface area (Å²) in [6, 6.07) is 0. The molecule has 0 saturated carbocycles. The van der Waals surface area contributed by atoms with Crippen LogP contribution >= 0.6 is 0 Å². The maximum absolute atomic E-state index is 11.5. The molecule has 0 aliphatic heterocycles. The van der Waals surface area contributed by atoms with Crippen LogP contribution in [0.15, 0.2) is 0 Å². The number of hydrogen-bond acceptors (Lipinski definition) is 6. The van der Waals surface area contributed by atoms with Crippen LogP contribution < -0.4 is 10.6 Å². The molecule has 0 fully saturated rings. The Kier molecular flexibility index (Phi) is 7.34. The number of carbonyl (C=O) groups excluding carboxylic acids is 2. The normalized spacial score (nSPS) is 10.8. The van der Waals surface area contributed by atoms with E-state index >= 15 is 0 Å². The Morgan fingerprint density at radius 1 is 0.773 bits per heavy atom. The highest BCUT2D eigenvalue weighted by Gasteiger charge is 2.08. The zero-order valence-electron chi connectivity index (χ0n) is 13.6. The first-order valence-corrected chi connectivity index (χ1v) is 7.45. The second-order valence-corrected chi connectivity index (χ2v) is 5.98. The molecule has 0 aliphatic carbocycles. The molecule has 2 amide bonds. The molecule has 1 heterocycles. The van der Waals surface area contributed by atoms with E-state index < -0.39 is 0 Å². The highest BCUT2D eigenvalue weighted by molar-refractivity contribution is 5.76. The summed E-state index contributed by atoms with van der Waals surface area (Å²) < 4.78 is 0. The van der Waals surface area contributed by atoms with Crippen molar-refractivity contribution in [2.24, 2.45) is 11.8 Å². The van der Waals surface area contributed by atoms with Gasteiger partial charge in [0.05, 0.1) is 13.1 Å². The summed E-state index contributed by atoms with van der Waals surface area (Å²) in [4.78, 5) is 23.0. The lowest BCUT2D eigenvalue weighted by molar-refractivity contribution is -0.122. The van der Waals surface area contributed by atoms with Gasteiger partial charge in [0.1, 0.15) is 0 Å². The third-order valence-electron chi connectivity index (χ3n) is 2.64. The molecule has 2 N–H and O–H groups in total. The molecule has 0 atom stereocenters. The van der Waals surface area contributed by atoms with Crippen molar-refractivity contribution in [1.29, 1.82) is 0 Å². The number of rotatable bonds is 8. The van der Waals surface area contributed by atoms with Crippen LogP contribution in [0, 0.1) is 11.8 Å². The lowest BCUT2D eigenvalue weighted by atomic mass is 10.1. The molecule has 1 aromatic rings. The van der Waals surface area contributed by atoms with Crippen LogP contribution in [0.5, 0.6) is 0 Å². The largest absolute Gasteiger partial charge is 0.349 e. The Morgan fingerprint density at radius 2 is 1.09 bits per heavy atom. The van der Waals surface area contributed by atoms with Gasteiger partial charge in [-0.1, -0.05) is 27.7 Å². The summed E-state index contributed by atoms with van der Waals surface area (Å²) in [5.41, 5.74) is 0. The van der Waals surface area contributed by atoms with Crippen molar-refractivity contribution in [2.75, 3.05) is 0 Å². The molecule has 0 spiro atoms. The zero-order valence-corrected chi connectivity index (χ0v) is 13.6. The number of amides is 2. The molecule has 0 aromatic carbocycles. The van der Waals surface area contributed by atoms with E-state index in [0.717, 1.165) is 0 Å². The van der Waals surface area contributed by atoms with Gasteiger partial charge in [0.25, 0.3) is 0 Å². The van der Waals surface area contributed by atoms with E-state index in [9.17, 15) is 9.59 Å². The van der Waals surface area contributed by atoms with Crippen LogP contribution in [0.25, 0.3) is 0 Å². The van der Waals surface area contributed by atoms with E-state index in [0.29, 0.717) is 36.3 Å². The van der Waals surface area contributed by atoms with Crippen molar-refractivity contribution in [3.63, 3.8) is 0 Å². The number of aromatic nitrogens is 4. The highest BCUT2D eigenvalue weighted by atomic mass is 16.2. The molecule has 0 saturated heterocycles. The molecular weight excluding hydrogens is 284 g/mol. The van der Waals surface area contributed by atoms with Crippen LogP contribution in [0.4, 0.5) is 0 Å². The van der Waals surface area contributed by atoms with Crippen LogP contribution in [0.2, 0.25) is 0 Å². The van der Waals surface area contributed by atoms with Gasteiger partial charge in [-0.2, -0.15) is 0 Å². The molecule has 0 bridgehead atoms. The summed E-state index contributed by atoms with van der Waals surface area (Å²) in [6.45, 7) is 8.29. The number of nitrogens with zero attached hydrogens (tertiary/aromatic N) is 4. The Hall–Kier alpha value is -2.12. The van der Waals surface area contributed by atoms with Crippen LogP contribution in [0.1, 0.15) is 52.2 Å². The van der Waals surface area contributed by atoms with Crippen molar-refractivity contribution in [1.82, 2.24) is 31.0 Å². The smallest absolute Gasteiger partial charge is 0.220 e. The van der Waals surface area contributed by atoms with Crippen LogP contribution in [-0.4, -0.2) is 32.2 Å². The van der Waals surface area contributed by atoms with Gasteiger partial charge in [-0.15, -0.1) is 20.4 Å². The fourth-order valence-corrected chi connectivity index (χ4v) is 1.65. The molecule has 122 valence electrons. The monoisotopic (exact) mass is 308 g/mol. The fourth-order valence-electron chi connectivity index (χ4n) is 1.65. The van der Waals surface area contributed by atoms with Gasteiger partial charge in [0.2, 0.25) is 11.8 Å². The molecule has 8 nitrogen and oxygen atoms in total. The van der Waals surface area contributed by atoms with Crippen molar-refractivity contribution >= 4 is 11.8 Å². The standard InChI is InChI=1S/C14H24N6O2/c1-9(2)5-13(21)15-7-11-17-19-12(20-18-11)8-16-14(22)6-10(3)4/h9-10H,5-8H2,1-4H3,(H,15,21)(H,16,22). The van der Waals surface area contributed by atoms with E-state index in [-0.39, 0.29) is 24.9 Å². The number of nitrogens with one attached hydrogen (secondary N) is 2. The highest BCUT2D eigenvalue weighted by Crippen LogP contribution is 1.99. The summed E-state index contributed by atoms with van der Waals surface area (Å²) in [5, 5.41) is 20.9. The summed E-state index contributed by atoms with van der Waals surface area (Å²) >= 11 is 0. The minimum Gasteiger partial charge on any atom is -0.349 e. The molecular formula is C14H24N6O2. The van der Waals surface area contributed by atoms with Gasteiger partial charge in [0.15, 0.2) is 11.6 Å². The average molecular weight is 308 g/mol. The topological polar surface area (TPSA) is 110 Å². The van der Waals surface area contributed by atoms with Crippen LogP contribution in [-0.2, 0) is 22.7 Å². The number of hydrogen-bond donors (Lipinski definition) is 2. The molecule has 0 radical (unpaired) electrons. The van der Waals surface area contributed by atoms with Crippen molar-refractivity contribution < 1.29 is 9.59 Å². The predicted octanol–water partition coefficient (Wildman–Crippen LogP) is 0.591. The molecule has 0 aliphatic rings. The first kappa shape index (κ1) is 17.9. The van der Waals surface area contributed by atoms with E-state index in [1.54, 1.807) is 0 Å². The second-order valence-electron chi connectivity index (χ2n) is 5.98. The summed E-state index contributed by atoms with van der Waals surface area (Å²) in [6.07, 6.45) is 0.918. The van der Waals surface area contributed by atoms with Gasteiger partial charge in [-0.3, -0.25) is 9.59 Å². The Bertz CT molecular complexity index is 442. The van der Waals surface area contributed by atoms with E-state index in [2.05, 4.69) is 31.0 Å². The predicted molar refractivity (Wildman–Crippen MR) is 80.2 cm³/mol. The fraction of sp³-hybridized carbons (Fsp3) is 0.714. The Morgan fingerprint density at radius 3 is 1.36 bits per heavy atom. The van der Waals surface area contributed by atoms with Crippen molar-refractivity contribution in [3.05, 3.63) is 11.6 Å². The molecule has 1 rings (SSSR count). The molecule has 22 heavy (non-hydrogen) atoms. The number of carbonyl (C=O) groups is 2. The van der Waals surface area contributed by atoms with Gasteiger partial charge < -0.3 is 10.6 Å². The van der Waals surface area contributed by atoms with E-state index in [4.69, 9.17) is 0 Å². The van der Waals surface area contributed by atoms with Crippen molar-refractivity contribution in [3.8, 4) is 0 Å². The Labute approximate surface area is 130 Å². The maximum atomic E-state index is 11.5. The van der Waals surface area contributed by atoms with Gasteiger partial charge in [0, 0.05) is 12.8 Å². The van der Waals surface area contributed by atoms with Gasteiger partial charge >= 0.3 is 0 Å². The summed E-state index contributed by atoms with van der Waals surface area (Å²) in [5.74, 6) is 1.18. The molecule has 1 aromatic heterocycles. The van der Waals surface area contributed by atoms with E-state index in [1.165, 1.54) is 0 Å². The zero-order chi connectivity index (χ0) is 16.5. The molecule has 0 unspecified atom stereocenters. The average Bonchev–Trinajstić information content (AvgIpc) is 2.42. The first-order chi connectivity index (χ1) is 10.4. The minimum atomic E-state index is -0.0522. The summed E-state index contributed by atoms with van der Waals surface area (Å²) in [7, 11) is 0. The van der Waals surface area contributed by atoms with E-state index in [1.807, 2.05) is 27.7 Å². The van der Waals surface area contributed by atoms with Crippen LogP contribution in [0.3, 0.4) is 0 Å². The second kappa shape index (κ2) is 9.01. The third-order valence-corrected chi connectivity index (χ3v) is 2.64. The quantitative estimate of drug-likeness (QED) is 0.727. The Balaban J connectivity index is 2.36. The minimum absolute atomic E-state index is 0.0522. The third kappa shape index (κ3) is 7.61. The lowest BCUT2D eigenvalue weighted by Gasteiger charge is -2.07. The SMILES string of the molecule is CC(C)CC(=O)NCc1nnc(CNC(=O)CC(C)C)nn1. The van der Waals surface area contributed by atoms with Crippen molar-refractivity contribution in [2.45, 2.75) is 53.6 Å². The first-order valence-electron chi connectivity index (χ1n) is 7.45. The van der Waals surface area contributed by atoms with Gasteiger partial charge in [-0.25, -0.2) is 0 Å². The maximum Gasteiger partial charge on any atom is 0.220 e. The molecule has 8 heteroatoms.